The molecule has 1 aliphatic carbocycles. The van der Waals surface area contributed by atoms with Crippen LogP contribution in [0.15, 0.2) is 191 Å². The molecule has 12 rings (SSSR count). The highest BCUT2D eigenvalue weighted by Gasteiger charge is 2.19. The van der Waals surface area contributed by atoms with Crippen molar-refractivity contribution in [2.45, 2.75) is 12.8 Å². The first-order valence-electron chi connectivity index (χ1n) is 20.4. The third kappa shape index (κ3) is 6.20. The van der Waals surface area contributed by atoms with Gasteiger partial charge < -0.3 is 13.4 Å². The van der Waals surface area contributed by atoms with E-state index in [-0.39, 0.29) is 0 Å². The van der Waals surface area contributed by atoms with Crippen LogP contribution in [0.5, 0.6) is 0 Å². The topological polar surface area (TPSA) is 95.7 Å². The number of aromatic nitrogens is 6. The van der Waals surface area contributed by atoms with Crippen molar-refractivity contribution in [1.29, 1.82) is 0 Å². The number of rotatable bonds is 7. The molecule has 0 N–H and O–H groups in total. The lowest BCUT2D eigenvalue weighted by Gasteiger charge is -2.11. The molecular weight excluding hydrogens is 753 g/mol. The average Bonchev–Trinajstić information content (AvgIpc) is 4.06. The van der Waals surface area contributed by atoms with Crippen LogP contribution in [0, 0.1) is 0 Å². The molecule has 0 aliphatic heterocycles. The zero-order valence-corrected chi connectivity index (χ0v) is 32.7. The summed E-state index contributed by atoms with van der Waals surface area (Å²) in [7, 11) is 0. The number of hydrogen-bond acceptors (Lipinski definition) is 7. The summed E-state index contributed by atoms with van der Waals surface area (Å²) in [6, 6.07) is 55.8. The Morgan fingerprint density at radius 1 is 0.426 bits per heavy atom. The Balaban J connectivity index is 0.894. The first-order valence-corrected chi connectivity index (χ1v) is 20.4. The smallest absolute Gasteiger partial charge is 0.227 e. The molecule has 8 nitrogen and oxygen atoms in total. The largest absolute Gasteiger partial charge is 0.436 e. The lowest BCUT2D eigenvalue weighted by molar-refractivity contribution is 0.619. The molecule has 0 amide bonds. The van der Waals surface area contributed by atoms with Gasteiger partial charge in [-0.2, -0.15) is 0 Å². The fraction of sp³-hybridized carbons (Fsp3) is 0.0377. The van der Waals surface area contributed by atoms with Gasteiger partial charge in [-0.15, -0.1) is 0 Å². The number of fused-ring (bicyclic) bond motifs is 5. The molecule has 288 valence electrons. The van der Waals surface area contributed by atoms with E-state index in [1.165, 1.54) is 5.39 Å². The predicted molar refractivity (Wildman–Crippen MR) is 243 cm³/mol. The number of benzene rings is 7. The molecule has 0 saturated carbocycles. The van der Waals surface area contributed by atoms with E-state index in [1.54, 1.807) is 0 Å². The maximum atomic E-state index is 6.49. The third-order valence-corrected chi connectivity index (χ3v) is 11.4. The summed E-state index contributed by atoms with van der Waals surface area (Å²) in [6.07, 6.45) is 8.17. The van der Waals surface area contributed by atoms with Gasteiger partial charge in [0.05, 0.1) is 11.0 Å². The monoisotopic (exact) mass is 786 g/mol. The molecule has 0 atom stereocenters. The minimum absolute atomic E-state index is 0.547. The van der Waals surface area contributed by atoms with Crippen LogP contribution in [-0.2, 0) is 0 Å². The van der Waals surface area contributed by atoms with Crippen LogP contribution in [0.4, 0.5) is 0 Å². The Kier molecular flexibility index (Phi) is 8.12. The summed E-state index contributed by atoms with van der Waals surface area (Å²) in [5, 5.41) is 2.33. The molecule has 1 aliphatic rings. The maximum Gasteiger partial charge on any atom is 0.227 e. The van der Waals surface area contributed by atoms with Crippen LogP contribution in [0.1, 0.15) is 18.7 Å². The second kappa shape index (κ2) is 14.2. The number of para-hydroxylation sites is 1. The van der Waals surface area contributed by atoms with Gasteiger partial charge in [0.25, 0.3) is 0 Å². The van der Waals surface area contributed by atoms with Gasteiger partial charge in [0.2, 0.25) is 11.8 Å². The van der Waals surface area contributed by atoms with Crippen molar-refractivity contribution in [1.82, 2.24) is 29.5 Å². The first kappa shape index (κ1) is 34.8. The second-order valence-electron chi connectivity index (χ2n) is 15.2. The standard InChI is InChI=1S/C53H34N6O2/c1-4-13-33(14-5-1)49-56-50(34-15-6-2-7-16-34)58-51(57-49)38-23-26-43-48(31-38)61-53(54-43)39-20-12-19-36(29-39)37-24-27-46-42(30-37)41-21-10-11-22-45(41)59(46)40-25-28-47-44(32-40)55-52(60-47)35-17-8-3-9-18-35/h1-6,8-15,17-32H,7,16H2. The van der Waals surface area contributed by atoms with E-state index in [1.807, 2.05) is 91.0 Å². The molecule has 7 aromatic carbocycles. The summed E-state index contributed by atoms with van der Waals surface area (Å²) < 4.78 is 14.9. The zero-order chi connectivity index (χ0) is 40.3. The van der Waals surface area contributed by atoms with Crippen LogP contribution in [-0.4, -0.2) is 29.5 Å². The van der Waals surface area contributed by atoms with E-state index < -0.39 is 0 Å². The van der Waals surface area contributed by atoms with Gasteiger partial charge in [-0.1, -0.05) is 103 Å². The lowest BCUT2D eigenvalue weighted by atomic mass is 10.0. The molecule has 0 spiro atoms. The predicted octanol–water partition coefficient (Wildman–Crippen LogP) is 13.3. The van der Waals surface area contributed by atoms with Gasteiger partial charge >= 0.3 is 0 Å². The van der Waals surface area contributed by atoms with Crippen molar-refractivity contribution in [3.05, 3.63) is 188 Å². The van der Waals surface area contributed by atoms with Gasteiger partial charge in [-0.25, -0.2) is 24.9 Å². The van der Waals surface area contributed by atoms with Crippen molar-refractivity contribution < 1.29 is 8.83 Å². The Morgan fingerprint density at radius 3 is 1.95 bits per heavy atom. The summed E-state index contributed by atoms with van der Waals surface area (Å²) in [6.45, 7) is 0. The zero-order valence-electron chi connectivity index (χ0n) is 32.7. The SMILES string of the molecule is C1=CCCC(c2nc(-c3ccccc3)nc(-c3ccc4nc(-c5cccc(-c6ccc7c(c6)c6ccccc6n7-c6ccc7oc(-c8ccccc8)nc7c6)c5)oc4c3)n2)=C1. The van der Waals surface area contributed by atoms with Gasteiger partial charge in [-0.3, -0.25) is 0 Å². The first-order chi connectivity index (χ1) is 30.2. The highest BCUT2D eigenvalue weighted by molar-refractivity contribution is 6.10. The Hall–Kier alpha value is -8.23. The maximum absolute atomic E-state index is 6.49. The number of oxazole rings is 2. The summed E-state index contributed by atoms with van der Waals surface area (Å²) in [5.74, 6) is 3.08. The van der Waals surface area contributed by atoms with Gasteiger partial charge in [0.1, 0.15) is 11.0 Å². The molecule has 0 saturated heterocycles. The number of hydrogen-bond donors (Lipinski definition) is 0. The van der Waals surface area contributed by atoms with Crippen LogP contribution < -0.4 is 0 Å². The highest BCUT2D eigenvalue weighted by Crippen LogP contribution is 2.38. The Morgan fingerprint density at radius 2 is 1.10 bits per heavy atom. The van der Waals surface area contributed by atoms with Crippen LogP contribution >= 0.6 is 0 Å². The van der Waals surface area contributed by atoms with E-state index in [2.05, 4.69) is 95.6 Å². The lowest BCUT2D eigenvalue weighted by Crippen LogP contribution is -2.03. The van der Waals surface area contributed by atoms with Gasteiger partial charge in [0.15, 0.2) is 28.6 Å². The number of allylic oxidation sites excluding steroid dienone is 4. The van der Waals surface area contributed by atoms with E-state index in [0.717, 1.165) is 90.5 Å². The minimum Gasteiger partial charge on any atom is -0.436 e. The van der Waals surface area contributed by atoms with Crippen LogP contribution in [0.25, 0.3) is 112 Å². The van der Waals surface area contributed by atoms with Gasteiger partial charge in [0, 0.05) is 38.7 Å². The van der Waals surface area contributed by atoms with Crippen molar-refractivity contribution in [3.63, 3.8) is 0 Å². The highest BCUT2D eigenvalue weighted by atomic mass is 16.4. The molecule has 0 fully saturated rings. The van der Waals surface area contributed by atoms with E-state index >= 15 is 0 Å². The summed E-state index contributed by atoms with van der Waals surface area (Å²) in [5.41, 5.74) is 13.1. The molecule has 0 unspecified atom stereocenters. The van der Waals surface area contributed by atoms with Gasteiger partial charge in [-0.05, 0) is 108 Å². The van der Waals surface area contributed by atoms with Crippen molar-refractivity contribution in [2.24, 2.45) is 0 Å². The Bertz CT molecular complexity index is 3540. The quantitative estimate of drug-likeness (QED) is 0.159. The molecule has 4 aromatic heterocycles. The Labute approximate surface area is 349 Å². The summed E-state index contributed by atoms with van der Waals surface area (Å²) in [4.78, 5) is 24.6. The minimum atomic E-state index is 0.547. The molecule has 8 heteroatoms. The summed E-state index contributed by atoms with van der Waals surface area (Å²) >= 11 is 0. The second-order valence-corrected chi connectivity index (χ2v) is 15.2. The van der Waals surface area contributed by atoms with E-state index in [9.17, 15) is 0 Å². The fourth-order valence-electron chi connectivity index (χ4n) is 8.36. The third-order valence-electron chi connectivity index (χ3n) is 11.4. The van der Waals surface area contributed by atoms with Crippen LogP contribution in [0.2, 0.25) is 0 Å². The van der Waals surface area contributed by atoms with E-state index in [4.69, 9.17) is 33.8 Å². The van der Waals surface area contributed by atoms with Crippen molar-refractivity contribution in [2.75, 3.05) is 0 Å². The molecule has 0 bridgehead atoms. The normalized spacial score (nSPS) is 12.8. The molecule has 0 radical (unpaired) electrons. The molecule has 61 heavy (non-hydrogen) atoms. The average molecular weight is 787 g/mol. The van der Waals surface area contributed by atoms with Crippen molar-refractivity contribution >= 4 is 49.6 Å². The number of nitrogens with zero attached hydrogens (tertiary/aromatic N) is 6. The fourth-order valence-corrected chi connectivity index (χ4v) is 8.36. The molecule has 11 aromatic rings. The van der Waals surface area contributed by atoms with Crippen molar-refractivity contribution in [3.8, 4) is 62.5 Å². The molecule has 4 heterocycles. The van der Waals surface area contributed by atoms with Crippen LogP contribution in [0.3, 0.4) is 0 Å². The van der Waals surface area contributed by atoms with E-state index in [0.29, 0.717) is 34.8 Å². The molecular formula is C53H34N6O2.